The van der Waals surface area contributed by atoms with Gasteiger partial charge in [0.1, 0.15) is 17.4 Å². The lowest BCUT2D eigenvalue weighted by Gasteiger charge is -2.17. The molecule has 1 aromatic carbocycles. The summed E-state index contributed by atoms with van der Waals surface area (Å²) in [5, 5.41) is 3.45. The molecule has 0 saturated carbocycles. The molecule has 3 rings (SSSR count). The second kappa shape index (κ2) is 6.58. The molecule has 0 fully saturated rings. The molecular weight excluding hydrogens is 281 g/mol. The molecule has 1 N–H and O–H groups in total. The quantitative estimate of drug-likeness (QED) is 0.760. The smallest absolute Gasteiger partial charge is 0.125 e. The Labute approximate surface area is 128 Å². The van der Waals surface area contributed by atoms with Crippen LogP contribution in [0.25, 0.3) is 0 Å². The van der Waals surface area contributed by atoms with Gasteiger partial charge in [-0.1, -0.05) is 12.1 Å². The van der Waals surface area contributed by atoms with Crippen molar-refractivity contribution in [2.24, 2.45) is 7.05 Å². The highest BCUT2D eigenvalue weighted by Gasteiger charge is 2.16. The van der Waals surface area contributed by atoms with Gasteiger partial charge in [0.2, 0.25) is 0 Å². The van der Waals surface area contributed by atoms with Crippen molar-refractivity contribution in [3.63, 3.8) is 0 Å². The van der Waals surface area contributed by atoms with E-state index in [9.17, 15) is 4.39 Å². The average molecular weight is 299 g/mol. The van der Waals surface area contributed by atoms with Gasteiger partial charge in [-0.05, 0) is 29.8 Å². The van der Waals surface area contributed by atoms with Crippen molar-refractivity contribution in [1.82, 2.24) is 14.9 Å². The number of imidazole rings is 1. The van der Waals surface area contributed by atoms with Gasteiger partial charge < -0.3 is 14.3 Å². The molecule has 2 aromatic heterocycles. The van der Waals surface area contributed by atoms with Crippen LogP contribution in [0.2, 0.25) is 0 Å². The van der Waals surface area contributed by atoms with Crippen molar-refractivity contribution in [2.45, 2.75) is 12.5 Å². The van der Waals surface area contributed by atoms with Crippen LogP contribution >= 0.6 is 0 Å². The van der Waals surface area contributed by atoms with Crippen LogP contribution in [-0.2, 0) is 13.5 Å². The van der Waals surface area contributed by atoms with E-state index in [-0.39, 0.29) is 11.9 Å². The van der Waals surface area contributed by atoms with E-state index in [1.807, 2.05) is 29.9 Å². The standard InChI is InChI=1S/C17H18FN3O/c1-21-11-10-19-16(21)8-9-20-17(15-3-2-12-22-15)13-4-6-14(18)7-5-13/h2-7,10-12,17,20H,8-9H2,1H3/t17-/m1/s1. The Balaban J connectivity index is 1.72. The van der Waals surface area contributed by atoms with Crippen LogP contribution in [0.4, 0.5) is 4.39 Å². The first-order chi connectivity index (χ1) is 10.7. The maximum atomic E-state index is 13.1. The number of nitrogens with one attached hydrogen (secondary N) is 1. The normalized spacial score (nSPS) is 12.5. The van der Waals surface area contributed by atoms with Crippen molar-refractivity contribution in [2.75, 3.05) is 6.54 Å². The van der Waals surface area contributed by atoms with Gasteiger partial charge in [0.25, 0.3) is 0 Å². The van der Waals surface area contributed by atoms with Crippen LogP contribution < -0.4 is 5.32 Å². The second-order valence-corrected chi connectivity index (χ2v) is 5.16. The predicted octanol–water partition coefficient (Wildman–Crippen LogP) is 3.07. The lowest BCUT2D eigenvalue weighted by Crippen LogP contribution is -2.25. The lowest BCUT2D eigenvalue weighted by atomic mass is 10.0. The summed E-state index contributed by atoms with van der Waals surface area (Å²) in [4.78, 5) is 4.31. The van der Waals surface area contributed by atoms with Crippen LogP contribution in [0.1, 0.15) is 23.2 Å². The van der Waals surface area contributed by atoms with Crippen LogP contribution in [0.15, 0.2) is 59.5 Å². The maximum absolute atomic E-state index is 13.1. The molecule has 0 aliphatic heterocycles. The largest absolute Gasteiger partial charge is 0.467 e. The fourth-order valence-corrected chi connectivity index (χ4v) is 2.46. The summed E-state index contributed by atoms with van der Waals surface area (Å²) in [5.74, 6) is 1.59. The van der Waals surface area contributed by atoms with Crippen LogP contribution in [-0.4, -0.2) is 16.1 Å². The Morgan fingerprint density at radius 3 is 2.73 bits per heavy atom. The Kier molecular flexibility index (Phi) is 4.34. The minimum Gasteiger partial charge on any atom is -0.467 e. The molecule has 22 heavy (non-hydrogen) atoms. The molecule has 4 nitrogen and oxygen atoms in total. The third-order valence-corrected chi connectivity index (χ3v) is 3.65. The number of hydrogen-bond acceptors (Lipinski definition) is 3. The van der Waals surface area contributed by atoms with E-state index >= 15 is 0 Å². The second-order valence-electron chi connectivity index (χ2n) is 5.16. The van der Waals surface area contributed by atoms with E-state index in [1.165, 1.54) is 12.1 Å². The number of halogens is 1. The minimum atomic E-state index is -0.241. The molecule has 0 unspecified atom stereocenters. The Hall–Kier alpha value is -2.40. The Bertz CT molecular complexity index is 704. The Morgan fingerprint density at radius 1 is 1.27 bits per heavy atom. The summed E-state index contributed by atoms with van der Waals surface area (Å²) >= 11 is 0. The number of aryl methyl sites for hydroxylation is 1. The molecule has 5 heteroatoms. The molecular formula is C17H18FN3O. The zero-order chi connectivity index (χ0) is 15.4. The summed E-state index contributed by atoms with van der Waals surface area (Å²) < 4.78 is 20.6. The van der Waals surface area contributed by atoms with Crippen molar-refractivity contribution < 1.29 is 8.81 Å². The van der Waals surface area contributed by atoms with Crippen molar-refractivity contribution in [1.29, 1.82) is 0 Å². The molecule has 0 bridgehead atoms. The number of rotatable bonds is 6. The molecule has 0 aliphatic rings. The first-order valence-corrected chi connectivity index (χ1v) is 7.22. The van der Waals surface area contributed by atoms with Gasteiger partial charge in [0.15, 0.2) is 0 Å². The van der Waals surface area contributed by atoms with Crippen LogP contribution in [0.5, 0.6) is 0 Å². The summed E-state index contributed by atoms with van der Waals surface area (Å²) in [7, 11) is 1.98. The third kappa shape index (κ3) is 3.26. The van der Waals surface area contributed by atoms with Gasteiger partial charge >= 0.3 is 0 Å². The number of benzene rings is 1. The molecule has 114 valence electrons. The van der Waals surface area contributed by atoms with E-state index in [0.717, 1.165) is 30.1 Å². The van der Waals surface area contributed by atoms with Gasteiger partial charge in [0, 0.05) is 32.4 Å². The zero-order valence-electron chi connectivity index (χ0n) is 12.4. The van der Waals surface area contributed by atoms with E-state index in [1.54, 1.807) is 24.6 Å². The SMILES string of the molecule is Cn1ccnc1CCN[C@H](c1ccc(F)cc1)c1ccco1. The fraction of sp³-hybridized carbons (Fsp3) is 0.235. The molecule has 2 heterocycles. The van der Waals surface area contributed by atoms with Gasteiger partial charge in [-0.3, -0.25) is 0 Å². The van der Waals surface area contributed by atoms with Gasteiger partial charge in [-0.2, -0.15) is 0 Å². The van der Waals surface area contributed by atoms with Gasteiger partial charge in [0.05, 0.1) is 12.3 Å². The monoisotopic (exact) mass is 299 g/mol. The molecule has 0 aliphatic carbocycles. The average Bonchev–Trinajstić information content (AvgIpc) is 3.17. The first kappa shape index (κ1) is 14.5. The molecule has 0 saturated heterocycles. The Morgan fingerprint density at radius 2 is 2.09 bits per heavy atom. The highest BCUT2D eigenvalue weighted by Crippen LogP contribution is 2.22. The number of furan rings is 1. The van der Waals surface area contributed by atoms with E-state index < -0.39 is 0 Å². The number of nitrogens with zero attached hydrogens (tertiary/aromatic N) is 2. The molecule has 3 aromatic rings. The zero-order valence-corrected chi connectivity index (χ0v) is 12.4. The summed E-state index contributed by atoms with van der Waals surface area (Å²) in [6, 6.07) is 10.1. The first-order valence-electron chi connectivity index (χ1n) is 7.22. The van der Waals surface area contributed by atoms with Crippen LogP contribution in [0, 0.1) is 5.82 Å². The summed E-state index contributed by atoms with van der Waals surface area (Å²) in [5.41, 5.74) is 0.969. The summed E-state index contributed by atoms with van der Waals surface area (Å²) in [6.45, 7) is 0.744. The van der Waals surface area contributed by atoms with Crippen LogP contribution in [0.3, 0.4) is 0 Å². The highest BCUT2D eigenvalue weighted by molar-refractivity contribution is 5.26. The third-order valence-electron chi connectivity index (χ3n) is 3.65. The number of hydrogen-bond donors (Lipinski definition) is 1. The molecule has 0 spiro atoms. The number of aromatic nitrogens is 2. The minimum absolute atomic E-state index is 0.101. The maximum Gasteiger partial charge on any atom is 0.125 e. The highest BCUT2D eigenvalue weighted by atomic mass is 19.1. The fourth-order valence-electron chi connectivity index (χ4n) is 2.46. The molecule has 0 radical (unpaired) electrons. The topological polar surface area (TPSA) is 43.0 Å². The van der Waals surface area contributed by atoms with Crippen molar-refractivity contribution >= 4 is 0 Å². The summed E-state index contributed by atoms with van der Waals surface area (Å²) in [6.07, 6.45) is 6.17. The molecule has 0 amide bonds. The van der Waals surface area contributed by atoms with E-state index in [0.29, 0.717) is 0 Å². The van der Waals surface area contributed by atoms with Crippen molar-refractivity contribution in [3.05, 3.63) is 78.0 Å². The van der Waals surface area contributed by atoms with E-state index in [2.05, 4.69) is 10.3 Å². The van der Waals surface area contributed by atoms with Gasteiger partial charge in [-0.15, -0.1) is 0 Å². The lowest BCUT2D eigenvalue weighted by molar-refractivity contribution is 0.446. The van der Waals surface area contributed by atoms with Crippen molar-refractivity contribution in [3.8, 4) is 0 Å². The van der Waals surface area contributed by atoms with E-state index in [4.69, 9.17) is 4.42 Å². The predicted molar refractivity (Wildman–Crippen MR) is 81.9 cm³/mol. The van der Waals surface area contributed by atoms with Gasteiger partial charge in [-0.25, -0.2) is 9.37 Å². The molecule has 1 atom stereocenters.